The van der Waals surface area contributed by atoms with Crippen LogP contribution in [0.25, 0.3) is 0 Å². The van der Waals surface area contributed by atoms with Gasteiger partial charge in [-0.25, -0.2) is 0 Å². The van der Waals surface area contributed by atoms with Gasteiger partial charge < -0.3 is 10.1 Å². The number of hydrogen-bond donors (Lipinski definition) is 1. The Morgan fingerprint density at radius 3 is 2.74 bits per heavy atom. The SMILES string of the molecule is CC(C)NCc1ccc(Oc2cncc(Br)c2)nn1. The highest BCUT2D eigenvalue weighted by Gasteiger charge is 2.02. The van der Waals surface area contributed by atoms with Gasteiger partial charge in [-0.3, -0.25) is 4.98 Å². The molecule has 0 saturated carbocycles. The highest BCUT2D eigenvalue weighted by molar-refractivity contribution is 9.10. The maximum atomic E-state index is 5.55. The van der Waals surface area contributed by atoms with E-state index in [0.717, 1.165) is 10.2 Å². The van der Waals surface area contributed by atoms with Crippen LogP contribution in [0.5, 0.6) is 11.6 Å². The van der Waals surface area contributed by atoms with E-state index in [4.69, 9.17) is 4.74 Å². The van der Waals surface area contributed by atoms with Crippen LogP contribution in [0.1, 0.15) is 19.5 Å². The molecule has 6 heteroatoms. The molecule has 0 amide bonds. The van der Waals surface area contributed by atoms with Crippen molar-refractivity contribution in [1.29, 1.82) is 0 Å². The van der Waals surface area contributed by atoms with Crippen molar-refractivity contribution < 1.29 is 4.74 Å². The fourth-order valence-corrected chi connectivity index (χ4v) is 1.72. The maximum absolute atomic E-state index is 5.55. The molecule has 2 heterocycles. The summed E-state index contributed by atoms with van der Waals surface area (Å²) in [6.45, 7) is 4.87. The van der Waals surface area contributed by atoms with Crippen molar-refractivity contribution in [3.8, 4) is 11.6 Å². The second kappa shape index (κ2) is 6.58. The Hall–Kier alpha value is -1.53. The molecule has 2 rings (SSSR count). The summed E-state index contributed by atoms with van der Waals surface area (Å²) in [7, 11) is 0. The third kappa shape index (κ3) is 4.57. The fraction of sp³-hybridized carbons (Fsp3) is 0.308. The summed E-state index contributed by atoms with van der Waals surface area (Å²) in [4.78, 5) is 4.02. The van der Waals surface area contributed by atoms with Crippen molar-refractivity contribution in [2.75, 3.05) is 0 Å². The van der Waals surface area contributed by atoms with Gasteiger partial charge in [-0.05, 0) is 28.1 Å². The molecule has 0 aliphatic rings. The molecular weight excluding hydrogens is 308 g/mol. The molecule has 19 heavy (non-hydrogen) atoms. The number of ether oxygens (including phenoxy) is 1. The minimum atomic E-state index is 0.422. The molecule has 2 aromatic rings. The lowest BCUT2D eigenvalue weighted by molar-refractivity contribution is 0.450. The zero-order valence-corrected chi connectivity index (χ0v) is 12.4. The average Bonchev–Trinajstić information content (AvgIpc) is 2.38. The first-order valence-electron chi connectivity index (χ1n) is 5.98. The zero-order chi connectivity index (χ0) is 13.7. The second-order valence-electron chi connectivity index (χ2n) is 4.34. The third-order valence-corrected chi connectivity index (χ3v) is 2.72. The quantitative estimate of drug-likeness (QED) is 0.917. The summed E-state index contributed by atoms with van der Waals surface area (Å²) < 4.78 is 6.41. The number of nitrogens with zero attached hydrogens (tertiary/aromatic N) is 3. The minimum Gasteiger partial charge on any atom is -0.436 e. The van der Waals surface area contributed by atoms with Gasteiger partial charge in [-0.2, -0.15) is 5.10 Å². The molecule has 0 fully saturated rings. The van der Waals surface area contributed by atoms with Gasteiger partial charge in [0, 0.05) is 29.3 Å². The first-order chi connectivity index (χ1) is 9.13. The van der Waals surface area contributed by atoms with Gasteiger partial charge in [0.05, 0.1) is 11.9 Å². The molecule has 0 saturated heterocycles. The highest BCUT2D eigenvalue weighted by Crippen LogP contribution is 2.21. The highest BCUT2D eigenvalue weighted by atomic mass is 79.9. The lowest BCUT2D eigenvalue weighted by Crippen LogP contribution is -2.22. The van der Waals surface area contributed by atoms with Crippen molar-refractivity contribution in [2.45, 2.75) is 26.4 Å². The summed E-state index contributed by atoms with van der Waals surface area (Å²) in [5, 5.41) is 11.4. The van der Waals surface area contributed by atoms with E-state index in [-0.39, 0.29) is 0 Å². The number of aromatic nitrogens is 3. The Bertz CT molecular complexity index is 530. The predicted octanol–water partition coefficient (Wildman–Crippen LogP) is 2.92. The molecule has 0 bridgehead atoms. The normalized spacial score (nSPS) is 10.7. The maximum Gasteiger partial charge on any atom is 0.238 e. The van der Waals surface area contributed by atoms with Crippen molar-refractivity contribution in [3.05, 3.63) is 40.8 Å². The smallest absolute Gasteiger partial charge is 0.238 e. The van der Waals surface area contributed by atoms with Gasteiger partial charge in [-0.1, -0.05) is 13.8 Å². The lowest BCUT2D eigenvalue weighted by atomic mass is 10.3. The molecule has 0 radical (unpaired) electrons. The fourth-order valence-electron chi connectivity index (χ4n) is 1.37. The standard InChI is InChI=1S/C13H15BrN4O/c1-9(2)16-7-11-3-4-13(18-17-11)19-12-5-10(14)6-15-8-12/h3-6,8-9,16H,7H2,1-2H3. The predicted molar refractivity (Wildman–Crippen MR) is 76.0 cm³/mol. The van der Waals surface area contributed by atoms with E-state index in [0.29, 0.717) is 24.2 Å². The monoisotopic (exact) mass is 322 g/mol. The van der Waals surface area contributed by atoms with Crippen molar-refractivity contribution in [3.63, 3.8) is 0 Å². The van der Waals surface area contributed by atoms with Crippen LogP contribution in [0.3, 0.4) is 0 Å². The van der Waals surface area contributed by atoms with Gasteiger partial charge in [0.25, 0.3) is 0 Å². The molecule has 100 valence electrons. The number of rotatable bonds is 5. The molecule has 5 nitrogen and oxygen atoms in total. The van der Waals surface area contributed by atoms with Crippen LogP contribution in [-0.2, 0) is 6.54 Å². The van der Waals surface area contributed by atoms with Gasteiger partial charge in [0.15, 0.2) is 0 Å². The van der Waals surface area contributed by atoms with Crippen molar-refractivity contribution in [2.24, 2.45) is 0 Å². The molecular formula is C13H15BrN4O. The molecule has 2 aromatic heterocycles. The van der Waals surface area contributed by atoms with Crippen LogP contribution in [0.15, 0.2) is 35.1 Å². The van der Waals surface area contributed by atoms with Crippen LogP contribution in [0.4, 0.5) is 0 Å². The molecule has 0 unspecified atom stereocenters. The Kier molecular flexibility index (Phi) is 4.81. The largest absolute Gasteiger partial charge is 0.436 e. The summed E-state index contributed by atoms with van der Waals surface area (Å²) in [5.41, 5.74) is 0.883. The number of pyridine rings is 1. The first-order valence-corrected chi connectivity index (χ1v) is 6.77. The van der Waals surface area contributed by atoms with Crippen LogP contribution in [-0.4, -0.2) is 21.2 Å². The molecule has 0 aromatic carbocycles. The van der Waals surface area contributed by atoms with E-state index in [1.807, 2.05) is 12.1 Å². The zero-order valence-electron chi connectivity index (χ0n) is 10.8. The van der Waals surface area contributed by atoms with Crippen LogP contribution in [0, 0.1) is 0 Å². The summed E-state index contributed by atoms with van der Waals surface area (Å²) in [6.07, 6.45) is 3.32. The average molecular weight is 323 g/mol. The van der Waals surface area contributed by atoms with Crippen molar-refractivity contribution in [1.82, 2.24) is 20.5 Å². The van der Waals surface area contributed by atoms with E-state index >= 15 is 0 Å². The van der Waals surface area contributed by atoms with E-state index in [2.05, 4.69) is 50.3 Å². The van der Waals surface area contributed by atoms with Gasteiger partial charge in [-0.15, -0.1) is 5.10 Å². The Morgan fingerprint density at radius 1 is 1.26 bits per heavy atom. The summed E-state index contributed by atoms with van der Waals surface area (Å²) in [5.74, 6) is 1.07. The van der Waals surface area contributed by atoms with Crippen LogP contribution in [0.2, 0.25) is 0 Å². The van der Waals surface area contributed by atoms with Crippen LogP contribution >= 0.6 is 15.9 Å². The van der Waals surface area contributed by atoms with E-state index in [1.165, 1.54) is 0 Å². The Balaban J connectivity index is 1.98. The Morgan fingerprint density at radius 2 is 2.11 bits per heavy atom. The summed E-state index contributed by atoms with van der Waals surface area (Å²) in [6, 6.07) is 5.93. The first kappa shape index (κ1) is 13.9. The summed E-state index contributed by atoms with van der Waals surface area (Å²) >= 11 is 3.33. The topological polar surface area (TPSA) is 59.9 Å². The third-order valence-electron chi connectivity index (χ3n) is 2.29. The lowest BCUT2D eigenvalue weighted by Gasteiger charge is -2.07. The van der Waals surface area contributed by atoms with E-state index in [1.54, 1.807) is 18.5 Å². The molecule has 0 aliphatic carbocycles. The molecule has 1 N–H and O–H groups in total. The number of halogens is 1. The van der Waals surface area contributed by atoms with E-state index in [9.17, 15) is 0 Å². The number of hydrogen-bond acceptors (Lipinski definition) is 5. The van der Waals surface area contributed by atoms with E-state index < -0.39 is 0 Å². The molecule has 0 atom stereocenters. The second-order valence-corrected chi connectivity index (χ2v) is 5.26. The number of nitrogens with one attached hydrogen (secondary N) is 1. The van der Waals surface area contributed by atoms with Crippen LogP contribution < -0.4 is 10.1 Å². The van der Waals surface area contributed by atoms with Gasteiger partial charge in [0.2, 0.25) is 5.88 Å². The van der Waals surface area contributed by atoms with Gasteiger partial charge in [0.1, 0.15) is 5.75 Å². The van der Waals surface area contributed by atoms with Gasteiger partial charge >= 0.3 is 0 Å². The Labute approximate surface area is 120 Å². The minimum absolute atomic E-state index is 0.422. The van der Waals surface area contributed by atoms with Crippen molar-refractivity contribution >= 4 is 15.9 Å². The molecule has 0 spiro atoms. The molecule has 0 aliphatic heterocycles.